The molecule has 0 N–H and O–H groups in total. The van der Waals surface area contributed by atoms with E-state index in [0.29, 0.717) is 0 Å². The van der Waals surface area contributed by atoms with E-state index >= 15 is 0 Å². The number of hydrogen-bond acceptors (Lipinski definition) is 3. The average molecular weight is 427 g/mol. The molecule has 0 saturated heterocycles. The molecule has 0 saturated carbocycles. The molecule has 0 radical (unpaired) electrons. The largest absolute Gasteiger partial charge is 0.140 e. The highest BCUT2D eigenvalue weighted by atomic mass is 32.1. The first kappa shape index (κ1) is 17.4. The number of rotatable bonds is 2. The molecule has 140 valence electrons. The third-order valence-electron chi connectivity index (χ3n) is 5.62. The van der Waals surface area contributed by atoms with Gasteiger partial charge in [0, 0.05) is 61.6 Å². The Bertz CT molecular complexity index is 1520. The number of fused-ring (bicyclic) bond motifs is 3. The third kappa shape index (κ3) is 2.55. The van der Waals surface area contributed by atoms with Crippen molar-refractivity contribution in [3.05, 3.63) is 82.6 Å². The second-order valence-electron chi connectivity index (χ2n) is 7.36. The monoisotopic (exact) mass is 426 g/mol. The van der Waals surface area contributed by atoms with Crippen LogP contribution >= 0.6 is 34.0 Å². The van der Waals surface area contributed by atoms with Crippen molar-refractivity contribution in [3.8, 4) is 21.6 Å². The van der Waals surface area contributed by atoms with Crippen molar-refractivity contribution in [1.29, 1.82) is 0 Å². The van der Waals surface area contributed by atoms with Gasteiger partial charge in [0.15, 0.2) is 0 Å². The standard InChI is InChI=1S/C26H18S3/c1-15-23(17-9-3-6-12-20(17)27-15)25-19-11-5-8-14-22(19)29-26(25)24-16(2)28-21-13-7-4-10-18(21)24/h3-14H,1-2H3. The molecule has 0 fully saturated rings. The van der Waals surface area contributed by atoms with Crippen LogP contribution in [0.25, 0.3) is 51.8 Å². The molecular formula is C26H18S3. The molecule has 0 amide bonds. The van der Waals surface area contributed by atoms with Crippen LogP contribution in [0.3, 0.4) is 0 Å². The minimum absolute atomic E-state index is 1.36. The van der Waals surface area contributed by atoms with Gasteiger partial charge in [0.05, 0.1) is 0 Å². The summed E-state index contributed by atoms with van der Waals surface area (Å²) in [5, 5.41) is 4.12. The maximum absolute atomic E-state index is 2.29. The quantitative estimate of drug-likeness (QED) is 0.259. The molecule has 0 bridgehead atoms. The van der Waals surface area contributed by atoms with Gasteiger partial charge in [0.25, 0.3) is 0 Å². The van der Waals surface area contributed by atoms with Crippen LogP contribution in [0.1, 0.15) is 9.75 Å². The van der Waals surface area contributed by atoms with E-state index in [1.165, 1.54) is 61.6 Å². The van der Waals surface area contributed by atoms with Gasteiger partial charge in [-0.05, 0) is 32.0 Å². The summed E-state index contributed by atoms with van der Waals surface area (Å²) in [4.78, 5) is 4.21. The maximum atomic E-state index is 2.29. The normalized spacial score (nSPS) is 11.8. The van der Waals surface area contributed by atoms with Crippen LogP contribution in [0.2, 0.25) is 0 Å². The predicted molar refractivity (Wildman–Crippen MR) is 133 cm³/mol. The SMILES string of the molecule is Cc1sc2ccccc2c1-c1sc2ccccc2c1-c1c(C)sc2ccccc12. The minimum Gasteiger partial charge on any atom is -0.140 e. The Labute approximate surface area is 181 Å². The predicted octanol–water partition coefficient (Wildman–Crippen LogP) is 9.28. The summed E-state index contributed by atoms with van der Waals surface area (Å²) in [7, 11) is 0. The van der Waals surface area contributed by atoms with Crippen LogP contribution in [-0.2, 0) is 0 Å². The molecule has 0 unspecified atom stereocenters. The van der Waals surface area contributed by atoms with E-state index in [2.05, 4.69) is 86.6 Å². The van der Waals surface area contributed by atoms with E-state index in [0.717, 1.165) is 0 Å². The molecule has 0 spiro atoms. The Kier molecular flexibility index (Phi) is 3.92. The van der Waals surface area contributed by atoms with Crippen molar-refractivity contribution >= 4 is 64.3 Å². The highest BCUT2D eigenvalue weighted by Gasteiger charge is 2.23. The Morgan fingerprint density at radius 3 is 1.45 bits per heavy atom. The second-order valence-corrected chi connectivity index (χ2v) is 10.9. The van der Waals surface area contributed by atoms with Crippen LogP contribution in [0.4, 0.5) is 0 Å². The van der Waals surface area contributed by atoms with Crippen molar-refractivity contribution in [2.45, 2.75) is 13.8 Å². The lowest BCUT2D eigenvalue weighted by molar-refractivity contribution is 1.62. The molecule has 6 rings (SSSR count). The summed E-state index contributed by atoms with van der Waals surface area (Å²) in [6, 6.07) is 26.5. The summed E-state index contributed by atoms with van der Waals surface area (Å²) in [6.45, 7) is 4.54. The minimum atomic E-state index is 1.36. The first-order chi connectivity index (χ1) is 14.2. The highest BCUT2D eigenvalue weighted by Crippen LogP contribution is 2.52. The van der Waals surface area contributed by atoms with Gasteiger partial charge in [-0.3, -0.25) is 0 Å². The molecule has 3 aromatic heterocycles. The first-order valence-corrected chi connectivity index (χ1v) is 12.2. The van der Waals surface area contributed by atoms with Gasteiger partial charge in [0.1, 0.15) is 0 Å². The van der Waals surface area contributed by atoms with Crippen LogP contribution in [-0.4, -0.2) is 0 Å². The smallest absolute Gasteiger partial charge is 0.0451 e. The molecule has 3 heteroatoms. The Morgan fingerprint density at radius 1 is 0.448 bits per heavy atom. The van der Waals surface area contributed by atoms with E-state index in [4.69, 9.17) is 0 Å². The molecule has 6 aromatic rings. The van der Waals surface area contributed by atoms with Crippen LogP contribution in [0, 0.1) is 13.8 Å². The van der Waals surface area contributed by atoms with Gasteiger partial charge < -0.3 is 0 Å². The lowest BCUT2D eigenvalue weighted by Gasteiger charge is -2.07. The van der Waals surface area contributed by atoms with Gasteiger partial charge in [-0.15, -0.1) is 34.0 Å². The van der Waals surface area contributed by atoms with Crippen LogP contribution in [0.15, 0.2) is 72.8 Å². The van der Waals surface area contributed by atoms with E-state index in [9.17, 15) is 0 Å². The van der Waals surface area contributed by atoms with Crippen LogP contribution < -0.4 is 0 Å². The fraction of sp³-hybridized carbons (Fsp3) is 0.0769. The van der Waals surface area contributed by atoms with E-state index in [1.807, 2.05) is 34.0 Å². The topological polar surface area (TPSA) is 0 Å². The van der Waals surface area contributed by atoms with Crippen molar-refractivity contribution < 1.29 is 0 Å². The lowest BCUT2D eigenvalue weighted by atomic mass is 9.95. The zero-order valence-electron chi connectivity index (χ0n) is 16.2. The summed E-state index contributed by atoms with van der Waals surface area (Å²) in [5.74, 6) is 0. The molecule has 0 aliphatic carbocycles. The summed E-state index contributed by atoms with van der Waals surface area (Å²) < 4.78 is 4.10. The van der Waals surface area contributed by atoms with Crippen molar-refractivity contribution in [2.24, 2.45) is 0 Å². The second kappa shape index (κ2) is 6.53. The fourth-order valence-corrected chi connectivity index (χ4v) is 7.93. The van der Waals surface area contributed by atoms with Gasteiger partial charge in [-0.1, -0.05) is 54.6 Å². The molecule has 3 heterocycles. The molecule has 0 aliphatic heterocycles. The number of aryl methyl sites for hydroxylation is 2. The number of thiophene rings is 3. The third-order valence-corrected chi connectivity index (χ3v) is 8.98. The molecule has 29 heavy (non-hydrogen) atoms. The van der Waals surface area contributed by atoms with Crippen molar-refractivity contribution in [2.75, 3.05) is 0 Å². The van der Waals surface area contributed by atoms with E-state index < -0.39 is 0 Å². The maximum Gasteiger partial charge on any atom is 0.0451 e. The zero-order valence-corrected chi connectivity index (χ0v) is 18.6. The van der Waals surface area contributed by atoms with E-state index in [-0.39, 0.29) is 0 Å². The van der Waals surface area contributed by atoms with Crippen molar-refractivity contribution in [3.63, 3.8) is 0 Å². The Balaban J connectivity index is 1.80. The average Bonchev–Trinajstić information content (AvgIpc) is 3.36. The molecular weight excluding hydrogens is 408 g/mol. The highest BCUT2D eigenvalue weighted by molar-refractivity contribution is 7.25. The Hall–Kier alpha value is -2.46. The number of hydrogen-bond donors (Lipinski definition) is 0. The van der Waals surface area contributed by atoms with Crippen LogP contribution in [0.5, 0.6) is 0 Å². The first-order valence-electron chi connectivity index (χ1n) is 9.71. The molecule has 0 nitrogen and oxygen atoms in total. The summed E-state index contributed by atoms with van der Waals surface area (Å²) in [6.07, 6.45) is 0. The molecule has 3 aromatic carbocycles. The Morgan fingerprint density at radius 2 is 0.862 bits per heavy atom. The zero-order chi connectivity index (χ0) is 19.5. The summed E-state index contributed by atoms with van der Waals surface area (Å²) in [5.41, 5.74) is 4.23. The van der Waals surface area contributed by atoms with Gasteiger partial charge in [-0.25, -0.2) is 0 Å². The van der Waals surface area contributed by atoms with Gasteiger partial charge in [0.2, 0.25) is 0 Å². The summed E-state index contributed by atoms with van der Waals surface area (Å²) >= 11 is 5.75. The van der Waals surface area contributed by atoms with Gasteiger partial charge in [-0.2, -0.15) is 0 Å². The molecule has 0 atom stereocenters. The number of benzene rings is 3. The lowest BCUT2D eigenvalue weighted by Crippen LogP contribution is -1.82. The fourth-order valence-electron chi connectivity index (χ4n) is 4.40. The van der Waals surface area contributed by atoms with Gasteiger partial charge >= 0.3 is 0 Å². The van der Waals surface area contributed by atoms with Crippen molar-refractivity contribution in [1.82, 2.24) is 0 Å². The molecule has 0 aliphatic rings. The van der Waals surface area contributed by atoms with E-state index in [1.54, 1.807) is 0 Å².